The molecule has 0 saturated heterocycles. The summed E-state index contributed by atoms with van der Waals surface area (Å²) in [6, 6.07) is -0.0301. The van der Waals surface area contributed by atoms with E-state index in [9.17, 15) is 9.11 Å². The van der Waals surface area contributed by atoms with Crippen LogP contribution >= 0.6 is 0 Å². The first-order valence-corrected chi connectivity index (χ1v) is 4.20. The lowest BCUT2D eigenvalue weighted by atomic mass is 10.1. The van der Waals surface area contributed by atoms with E-state index >= 15 is 0 Å². The highest BCUT2D eigenvalue weighted by atomic mass is 19.1. The molecule has 0 radical (unpaired) electrons. The first kappa shape index (κ1) is 13.7. The highest BCUT2D eigenvalue weighted by Crippen LogP contribution is 2.13. The maximum absolute atomic E-state index is 10.6. The quantitative estimate of drug-likeness (QED) is 0.528. The first-order valence-electron chi connectivity index (χ1n) is 4.20. The summed E-state index contributed by atoms with van der Waals surface area (Å²) >= 11 is 0. The van der Waals surface area contributed by atoms with E-state index in [1.54, 1.807) is 12.2 Å². The van der Waals surface area contributed by atoms with Crippen molar-refractivity contribution >= 4 is 13.4 Å². The summed E-state index contributed by atoms with van der Waals surface area (Å²) in [6.45, 7) is 1.86. The minimum Gasteiger partial charge on any atom is -0.478 e. The van der Waals surface area contributed by atoms with E-state index in [1.807, 2.05) is 25.1 Å². The summed E-state index contributed by atoms with van der Waals surface area (Å²) in [5.41, 5.74) is 0.440. The average Bonchev–Trinajstić information content (AvgIpc) is 2.08. The van der Waals surface area contributed by atoms with Crippen LogP contribution in [0.25, 0.3) is 0 Å². The Hall–Kier alpha value is -1.34. The summed E-state index contributed by atoms with van der Waals surface area (Å²) in [5, 5.41) is 22.6. The van der Waals surface area contributed by atoms with Crippen molar-refractivity contribution in [3.05, 3.63) is 23.9 Å². The Morgan fingerprint density at radius 3 is 2.40 bits per heavy atom. The molecule has 7 heteroatoms. The van der Waals surface area contributed by atoms with Gasteiger partial charge in [-0.15, -0.1) is 0 Å². The van der Waals surface area contributed by atoms with Gasteiger partial charge in [-0.2, -0.15) is 0 Å². The van der Waals surface area contributed by atoms with Crippen LogP contribution < -0.4 is 0 Å². The maximum atomic E-state index is 10.6. The van der Waals surface area contributed by atoms with Gasteiger partial charge in [0.25, 0.3) is 0 Å². The topological polar surface area (TPSA) is 81.0 Å². The van der Waals surface area contributed by atoms with E-state index in [0.29, 0.717) is 5.57 Å². The zero-order valence-electron chi connectivity index (χ0n) is 8.46. The number of rotatable bonds is 1. The molecule has 15 heavy (non-hydrogen) atoms. The minimum atomic E-state index is -2.67. The van der Waals surface area contributed by atoms with Gasteiger partial charge in [-0.25, -0.2) is 4.79 Å². The lowest BCUT2D eigenvalue weighted by molar-refractivity contribution is -0.133. The summed E-state index contributed by atoms with van der Waals surface area (Å²) in [4.78, 5) is 12.4. The predicted molar refractivity (Wildman–Crippen MR) is 53.4 cm³/mol. The van der Waals surface area contributed by atoms with E-state index in [-0.39, 0.29) is 6.04 Å². The van der Waals surface area contributed by atoms with Crippen molar-refractivity contribution < 1.29 is 24.3 Å². The molecule has 0 fully saturated rings. The molecule has 0 aromatic heterocycles. The van der Waals surface area contributed by atoms with Crippen LogP contribution in [-0.4, -0.2) is 46.5 Å². The Bertz CT molecular complexity index is 277. The second kappa shape index (κ2) is 6.21. The van der Waals surface area contributed by atoms with E-state index in [1.165, 1.54) is 0 Å². The number of carboxylic acids is 1. The largest absolute Gasteiger partial charge is 0.674 e. The maximum Gasteiger partial charge on any atom is 0.674 e. The van der Waals surface area contributed by atoms with E-state index in [0.717, 1.165) is 0 Å². The fourth-order valence-electron chi connectivity index (χ4n) is 1.02. The number of halogens is 1. The molecule has 0 aliphatic carbocycles. The van der Waals surface area contributed by atoms with Gasteiger partial charge in [0.1, 0.15) is 0 Å². The number of likely N-dealkylation sites (N-methyl/N-ethyl adjacent to an activating group) is 1. The Morgan fingerprint density at radius 1 is 1.60 bits per heavy atom. The summed E-state index contributed by atoms with van der Waals surface area (Å²) in [5.74, 6) is -0.839. The molecule has 0 saturated carbocycles. The molecule has 0 amide bonds. The van der Waals surface area contributed by atoms with Crippen molar-refractivity contribution in [2.24, 2.45) is 0 Å². The molecular formula is C8H13BFNO4. The Balaban J connectivity index is 0.000000423. The highest BCUT2D eigenvalue weighted by molar-refractivity contribution is 6.31. The first-order chi connectivity index (χ1) is 6.86. The molecule has 84 valence electrons. The van der Waals surface area contributed by atoms with E-state index in [2.05, 4.69) is 0 Å². The third-order valence-corrected chi connectivity index (χ3v) is 1.90. The zero-order valence-corrected chi connectivity index (χ0v) is 8.46. The van der Waals surface area contributed by atoms with Crippen LogP contribution in [0.5, 0.6) is 0 Å². The number of allylic oxidation sites excluding steroid dienone is 2. The number of nitrogens with zero attached hydrogens (tertiary/aromatic N) is 1. The third kappa shape index (κ3) is 5.19. The van der Waals surface area contributed by atoms with Crippen molar-refractivity contribution in [1.29, 1.82) is 0 Å². The van der Waals surface area contributed by atoms with Gasteiger partial charge in [0.2, 0.25) is 0 Å². The Labute approximate surface area is 87.3 Å². The molecule has 1 rings (SSSR count). The minimum absolute atomic E-state index is 0.0301. The van der Waals surface area contributed by atoms with Crippen molar-refractivity contribution in [1.82, 2.24) is 4.90 Å². The van der Waals surface area contributed by atoms with Crippen molar-refractivity contribution in [3.8, 4) is 0 Å². The number of hydrogen-bond donors (Lipinski definition) is 3. The smallest absolute Gasteiger partial charge is 0.478 e. The van der Waals surface area contributed by atoms with E-state index in [4.69, 9.17) is 15.2 Å². The summed E-state index contributed by atoms with van der Waals surface area (Å²) < 4.78 is 10.1. The fraction of sp³-hybridized carbons (Fsp3) is 0.375. The van der Waals surface area contributed by atoms with Gasteiger partial charge < -0.3 is 20.1 Å². The molecule has 1 unspecified atom stereocenters. The van der Waals surface area contributed by atoms with E-state index < -0.39 is 13.4 Å². The van der Waals surface area contributed by atoms with Gasteiger partial charge in [-0.1, -0.05) is 0 Å². The number of carboxylic acid groups (broad SMARTS) is 1. The summed E-state index contributed by atoms with van der Waals surface area (Å²) in [7, 11) is -0.808. The van der Waals surface area contributed by atoms with Crippen LogP contribution in [0.3, 0.4) is 0 Å². The van der Waals surface area contributed by atoms with Gasteiger partial charge >= 0.3 is 13.4 Å². The number of aliphatic carboxylic acids is 1. The highest BCUT2D eigenvalue weighted by Gasteiger charge is 2.19. The molecule has 0 spiro atoms. The van der Waals surface area contributed by atoms with Crippen LogP contribution in [0.15, 0.2) is 23.9 Å². The number of hydrogen-bond acceptors (Lipinski definition) is 4. The monoisotopic (exact) mass is 217 g/mol. The molecule has 0 aromatic carbocycles. The predicted octanol–water partition coefficient (Wildman–Crippen LogP) is -0.230. The second-order valence-electron chi connectivity index (χ2n) is 2.92. The van der Waals surface area contributed by atoms with Crippen LogP contribution in [-0.2, 0) is 4.79 Å². The molecule has 1 aliphatic rings. The van der Waals surface area contributed by atoms with Crippen LogP contribution in [0.4, 0.5) is 4.32 Å². The Morgan fingerprint density at radius 2 is 2.07 bits per heavy atom. The lowest BCUT2D eigenvalue weighted by Crippen LogP contribution is -2.31. The molecule has 0 bridgehead atoms. The molecular weight excluding hydrogens is 204 g/mol. The van der Waals surface area contributed by atoms with Gasteiger partial charge in [0.05, 0.1) is 11.6 Å². The van der Waals surface area contributed by atoms with Crippen LogP contribution in [0.2, 0.25) is 0 Å². The molecule has 1 heterocycles. The average molecular weight is 217 g/mol. The van der Waals surface area contributed by atoms with Crippen molar-refractivity contribution in [3.63, 3.8) is 0 Å². The molecule has 1 atom stereocenters. The normalized spacial score (nSPS) is 18.9. The van der Waals surface area contributed by atoms with Crippen molar-refractivity contribution in [2.45, 2.75) is 13.0 Å². The lowest BCUT2D eigenvalue weighted by Gasteiger charge is -2.25. The van der Waals surface area contributed by atoms with Crippen LogP contribution in [0, 0.1) is 0 Å². The molecule has 5 nitrogen and oxygen atoms in total. The Kier molecular flexibility index (Phi) is 5.65. The molecule has 0 aromatic rings. The SMILES string of the molecule is CC1C(C(=O)O)=CC=CN1C.OB(O)F. The van der Waals surface area contributed by atoms with Crippen LogP contribution in [0.1, 0.15) is 6.92 Å². The molecule has 1 aliphatic heterocycles. The number of carbonyl (C=O) groups is 1. The zero-order chi connectivity index (χ0) is 12.0. The van der Waals surface area contributed by atoms with Crippen molar-refractivity contribution in [2.75, 3.05) is 7.05 Å². The third-order valence-electron chi connectivity index (χ3n) is 1.90. The van der Waals surface area contributed by atoms with Gasteiger partial charge in [-0.05, 0) is 25.3 Å². The second-order valence-corrected chi connectivity index (χ2v) is 2.92. The fourth-order valence-corrected chi connectivity index (χ4v) is 1.02. The summed E-state index contributed by atoms with van der Waals surface area (Å²) in [6.07, 6.45) is 5.23. The standard InChI is InChI=1S/C8H11NO2.BFH2O2/c1-6-7(8(10)11)4-3-5-9(6)2;2-1(3)4/h3-6H,1-2H3,(H,10,11);3-4H. The molecule has 3 N–H and O–H groups in total. The van der Waals surface area contributed by atoms with Gasteiger partial charge in [0, 0.05) is 7.05 Å². The van der Waals surface area contributed by atoms with Gasteiger partial charge in [-0.3, -0.25) is 4.32 Å². The van der Waals surface area contributed by atoms with Gasteiger partial charge in [0.15, 0.2) is 0 Å².